The summed E-state index contributed by atoms with van der Waals surface area (Å²) in [5.41, 5.74) is 3.66. The average molecular weight is 408 g/mol. The first-order valence-electron chi connectivity index (χ1n) is 10.4. The third kappa shape index (κ3) is 4.41. The van der Waals surface area contributed by atoms with Crippen molar-refractivity contribution in [1.82, 2.24) is 19.8 Å². The van der Waals surface area contributed by atoms with Crippen molar-refractivity contribution in [3.8, 4) is 0 Å². The lowest BCUT2D eigenvalue weighted by Crippen LogP contribution is -2.44. The Bertz CT molecular complexity index is 984. The molecule has 1 aliphatic rings. The molecular weight excluding hydrogens is 378 g/mol. The molecule has 7 heteroatoms. The van der Waals surface area contributed by atoms with Crippen LogP contribution < -0.4 is 10.2 Å². The van der Waals surface area contributed by atoms with Crippen molar-refractivity contribution < 1.29 is 9.21 Å². The fourth-order valence-electron chi connectivity index (χ4n) is 3.85. The molecular formula is C23H29N5O2. The lowest BCUT2D eigenvalue weighted by atomic mass is 10.2. The number of likely N-dealkylation sites (N-methyl/N-ethyl adjacent to an activating group) is 1. The number of carbonyl (C=O) groups is 1. The van der Waals surface area contributed by atoms with Gasteiger partial charge in [-0.3, -0.25) is 4.79 Å². The molecule has 3 aromatic rings. The number of furan rings is 1. The summed E-state index contributed by atoms with van der Waals surface area (Å²) in [5.74, 6) is 1.80. The Hall–Kier alpha value is -3.06. The number of nitrogens with zero attached hydrogens (tertiary/aromatic N) is 4. The molecule has 4 heterocycles. The van der Waals surface area contributed by atoms with Gasteiger partial charge in [0.1, 0.15) is 11.6 Å². The Morgan fingerprint density at radius 2 is 1.97 bits per heavy atom. The minimum Gasteiger partial charge on any atom is -0.467 e. The largest absolute Gasteiger partial charge is 0.467 e. The molecule has 0 unspecified atom stereocenters. The van der Waals surface area contributed by atoms with Gasteiger partial charge in [-0.25, -0.2) is 4.98 Å². The monoisotopic (exact) mass is 407 g/mol. The number of carbonyl (C=O) groups excluding carboxylic acids is 1. The zero-order valence-corrected chi connectivity index (χ0v) is 17.9. The van der Waals surface area contributed by atoms with E-state index in [9.17, 15) is 4.79 Å². The summed E-state index contributed by atoms with van der Waals surface area (Å²) >= 11 is 0. The summed E-state index contributed by atoms with van der Waals surface area (Å²) in [6, 6.07) is 9.84. The molecule has 0 bridgehead atoms. The van der Waals surface area contributed by atoms with E-state index in [-0.39, 0.29) is 5.91 Å². The number of amides is 1. The number of aromatic nitrogens is 2. The van der Waals surface area contributed by atoms with Gasteiger partial charge in [0, 0.05) is 50.3 Å². The quantitative estimate of drug-likeness (QED) is 0.681. The lowest BCUT2D eigenvalue weighted by molar-refractivity contribution is 0.0950. The Morgan fingerprint density at radius 3 is 2.63 bits per heavy atom. The molecule has 0 radical (unpaired) electrons. The number of piperazine rings is 1. The van der Waals surface area contributed by atoms with E-state index in [1.54, 1.807) is 6.26 Å². The molecule has 1 N–H and O–H groups in total. The second-order valence-corrected chi connectivity index (χ2v) is 7.95. The third-order valence-corrected chi connectivity index (χ3v) is 5.80. The fourth-order valence-corrected chi connectivity index (χ4v) is 3.85. The predicted molar refractivity (Wildman–Crippen MR) is 117 cm³/mol. The number of pyridine rings is 1. The molecule has 30 heavy (non-hydrogen) atoms. The standard InChI is InChI=1S/C23H29N5O2/c1-17-13-21(18(2)28(17)16-20-5-4-12-30-20)23(29)25-15-19-6-7-22(24-14-19)27-10-8-26(3)9-11-27/h4-7,12-14H,8-11,15-16H2,1-3H3,(H,25,29). The Balaban J connectivity index is 1.36. The van der Waals surface area contributed by atoms with Crippen molar-refractivity contribution in [3.05, 3.63) is 71.1 Å². The van der Waals surface area contributed by atoms with Crippen molar-refractivity contribution in [2.24, 2.45) is 0 Å². The number of anilines is 1. The van der Waals surface area contributed by atoms with Crippen molar-refractivity contribution in [1.29, 1.82) is 0 Å². The van der Waals surface area contributed by atoms with Gasteiger partial charge >= 0.3 is 0 Å². The second-order valence-electron chi connectivity index (χ2n) is 7.95. The highest BCUT2D eigenvalue weighted by atomic mass is 16.3. The van der Waals surface area contributed by atoms with Crippen molar-refractivity contribution in [2.75, 3.05) is 38.1 Å². The number of aryl methyl sites for hydroxylation is 1. The summed E-state index contributed by atoms with van der Waals surface area (Å²) in [7, 11) is 2.14. The number of rotatable bonds is 6. The van der Waals surface area contributed by atoms with Crippen LogP contribution in [0.3, 0.4) is 0 Å². The van der Waals surface area contributed by atoms with Gasteiger partial charge < -0.3 is 24.1 Å². The Labute approximate surface area is 177 Å². The molecule has 0 aromatic carbocycles. The van der Waals surface area contributed by atoms with Crippen LogP contribution in [0.4, 0.5) is 5.82 Å². The fraction of sp³-hybridized carbons (Fsp3) is 0.391. The van der Waals surface area contributed by atoms with Crippen molar-refractivity contribution in [2.45, 2.75) is 26.9 Å². The molecule has 1 aliphatic heterocycles. The van der Waals surface area contributed by atoms with E-state index in [2.05, 4.69) is 31.7 Å². The molecule has 0 aliphatic carbocycles. The Kier molecular flexibility index (Phi) is 5.90. The molecule has 158 valence electrons. The minimum absolute atomic E-state index is 0.0723. The average Bonchev–Trinajstić information content (AvgIpc) is 3.37. The smallest absolute Gasteiger partial charge is 0.253 e. The first-order valence-corrected chi connectivity index (χ1v) is 10.4. The maximum Gasteiger partial charge on any atom is 0.253 e. The van der Waals surface area contributed by atoms with E-state index >= 15 is 0 Å². The topological polar surface area (TPSA) is 66.5 Å². The van der Waals surface area contributed by atoms with Crippen molar-refractivity contribution in [3.63, 3.8) is 0 Å². The maximum atomic E-state index is 12.8. The van der Waals surface area contributed by atoms with Gasteiger partial charge in [-0.2, -0.15) is 0 Å². The number of hydrogen-bond donors (Lipinski definition) is 1. The van der Waals surface area contributed by atoms with Crippen LogP contribution in [0.2, 0.25) is 0 Å². The van der Waals surface area contributed by atoms with Gasteiger partial charge in [-0.15, -0.1) is 0 Å². The second kappa shape index (κ2) is 8.75. The Morgan fingerprint density at radius 1 is 1.17 bits per heavy atom. The molecule has 0 saturated carbocycles. The summed E-state index contributed by atoms with van der Waals surface area (Å²) < 4.78 is 7.54. The molecule has 1 fully saturated rings. The van der Waals surface area contributed by atoms with E-state index in [0.29, 0.717) is 18.7 Å². The molecule has 7 nitrogen and oxygen atoms in total. The van der Waals surface area contributed by atoms with Gasteiger partial charge in [-0.1, -0.05) is 6.07 Å². The highest BCUT2D eigenvalue weighted by molar-refractivity contribution is 5.95. The predicted octanol–water partition coefficient (Wildman–Crippen LogP) is 2.82. The maximum absolute atomic E-state index is 12.8. The molecule has 1 saturated heterocycles. The van der Waals surface area contributed by atoms with Gasteiger partial charge in [0.2, 0.25) is 0 Å². The van der Waals surface area contributed by atoms with Crippen LogP contribution >= 0.6 is 0 Å². The lowest BCUT2D eigenvalue weighted by Gasteiger charge is -2.33. The van der Waals surface area contributed by atoms with Crippen LogP contribution in [0.15, 0.2) is 47.2 Å². The summed E-state index contributed by atoms with van der Waals surface area (Å²) in [5, 5.41) is 3.02. The van der Waals surface area contributed by atoms with E-state index in [1.165, 1.54) is 0 Å². The normalized spacial score (nSPS) is 14.8. The highest BCUT2D eigenvalue weighted by Gasteiger charge is 2.17. The number of nitrogens with one attached hydrogen (secondary N) is 1. The van der Waals surface area contributed by atoms with Crippen LogP contribution in [0, 0.1) is 13.8 Å². The van der Waals surface area contributed by atoms with Gasteiger partial charge in [0.15, 0.2) is 0 Å². The van der Waals surface area contributed by atoms with Gasteiger partial charge in [0.25, 0.3) is 5.91 Å². The molecule has 3 aromatic heterocycles. The summed E-state index contributed by atoms with van der Waals surface area (Å²) in [6.45, 7) is 9.15. The number of hydrogen-bond acceptors (Lipinski definition) is 5. The zero-order chi connectivity index (χ0) is 21.1. The molecule has 4 rings (SSSR count). The first kappa shape index (κ1) is 20.2. The minimum atomic E-state index is -0.0723. The van der Waals surface area contributed by atoms with Crippen LogP contribution in [0.1, 0.15) is 33.1 Å². The van der Waals surface area contributed by atoms with Crippen LogP contribution in [-0.2, 0) is 13.1 Å². The van der Waals surface area contributed by atoms with Gasteiger partial charge in [0.05, 0.1) is 18.4 Å². The zero-order valence-electron chi connectivity index (χ0n) is 17.9. The van der Waals surface area contributed by atoms with Gasteiger partial charge in [-0.05, 0) is 50.7 Å². The van der Waals surface area contributed by atoms with E-state index in [4.69, 9.17) is 4.42 Å². The van der Waals surface area contributed by atoms with E-state index < -0.39 is 0 Å². The first-order chi connectivity index (χ1) is 14.5. The van der Waals surface area contributed by atoms with Crippen LogP contribution in [0.25, 0.3) is 0 Å². The molecule has 0 spiro atoms. The van der Waals surface area contributed by atoms with Crippen LogP contribution in [0.5, 0.6) is 0 Å². The summed E-state index contributed by atoms with van der Waals surface area (Å²) in [6.07, 6.45) is 3.52. The van der Waals surface area contributed by atoms with E-state index in [1.807, 2.05) is 50.4 Å². The highest BCUT2D eigenvalue weighted by Crippen LogP contribution is 2.18. The van der Waals surface area contributed by atoms with Crippen LogP contribution in [-0.4, -0.2) is 53.6 Å². The SMILES string of the molecule is Cc1cc(C(=O)NCc2ccc(N3CCN(C)CC3)nc2)c(C)n1Cc1ccco1. The third-order valence-electron chi connectivity index (χ3n) is 5.80. The van der Waals surface area contributed by atoms with Crippen molar-refractivity contribution >= 4 is 11.7 Å². The molecule has 1 amide bonds. The summed E-state index contributed by atoms with van der Waals surface area (Å²) in [4.78, 5) is 22.0. The van der Waals surface area contributed by atoms with E-state index in [0.717, 1.165) is 54.7 Å². The molecule has 0 atom stereocenters.